The first kappa shape index (κ1) is 28.7. The van der Waals surface area contributed by atoms with Gasteiger partial charge in [0.1, 0.15) is 0 Å². The Balaban J connectivity index is 5.15. The smallest absolute Gasteiger partial charge is 0.240 e. The predicted molar refractivity (Wildman–Crippen MR) is 72.0 cm³/mol. The molecule has 178 valence electrons. The quantitative estimate of drug-likeness (QED) is 0.179. The minimum Gasteiger partial charge on any atom is -0.240 e. The Hall–Kier alpha value is -1.32. The summed E-state index contributed by atoms with van der Waals surface area (Å²) in [7, 11) is 0. The van der Waals surface area contributed by atoms with Crippen LogP contribution in [0.15, 0.2) is 0 Å². The van der Waals surface area contributed by atoms with E-state index < -0.39 is 72.1 Å². The second kappa shape index (κ2) is 9.04. The van der Waals surface area contributed by atoms with Gasteiger partial charge in [0.2, 0.25) is 0 Å². The molecule has 2 atom stereocenters. The van der Waals surface area contributed by atoms with Crippen LogP contribution >= 0.6 is 23.2 Å². The topological polar surface area (TPSA) is 52.6 Å². The van der Waals surface area contributed by atoms with Crippen molar-refractivity contribution in [3.63, 3.8) is 0 Å². The Kier molecular flexibility index (Phi) is 8.64. The molecule has 0 bridgehead atoms. The normalized spacial score (nSPS) is 17.7. The third kappa shape index (κ3) is 7.74. The van der Waals surface area contributed by atoms with Crippen LogP contribution in [0.25, 0.3) is 0 Å². The van der Waals surface area contributed by atoms with Crippen molar-refractivity contribution in [1.29, 1.82) is 0 Å². The minimum atomic E-state index is -5.71. The monoisotopic (exact) mass is 514 g/mol. The van der Waals surface area contributed by atoms with Crippen molar-refractivity contribution in [2.75, 3.05) is 0 Å². The fourth-order valence-electron chi connectivity index (χ4n) is 1.39. The molecule has 0 heterocycles. The van der Waals surface area contributed by atoms with Crippen LogP contribution in [0.2, 0.25) is 0 Å². The molecule has 0 aromatic rings. The summed E-state index contributed by atoms with van der Waals surface area (Å²) in [6.45, 7) is 0. The minimum absolute atomic E-state index is 2.24. The molecule has 0 aliphatic heterocycles. The van der Waals surface area contributed by atoms with Crippen LogP contribution in [0.3, 0.4) is 0 Å². The summed E-state index contributed by atoms with van der Waals surface area (Å²) in [5.74, 6) is -18.2. The molecular formula is C12H8Cl2F12O4. The van der Waals surface area contributed by atoms with E-state index in [1.54, 1.807) is 0 Å². The summed E-state index contributed by atoms with van der Waals surface area (Å²) in [5, 5.41) is -9.59. The lowest BCUT2D eigenvalue weighted by molar-refractivity contribution is -0.295. The van der Waals surface area contributed by atoms with Crippen LogP contribution in [0.5, 0.6) is 0 Å². The molecule has 0 rings (SSSR count). The Morgan fingerprint density at radius 3 is 0.967 bits per heavy atom. The van der Waals surface area contributed by atoms with E-state index in [0.717, 1.165) is 0 Å². The summed E-state index contributed by atoms with van der Waals surface area (Å²) in [4.78, 5) is 27.7. The largest absolute Gasteiger partial charge is 0.429 e. The fraction of sp³-hybridized carbons (Fsp3) is 0.833. The Morgan fingerprint density at radius 1 is 0.533 bits per heavy atom. The average Bonchev–Trinajstić information content (AvgIpc) is 2.54. The lowest BCUT2D eigenvalue weighted by atomic mass is 10.1. The molecule has 0 amide bonds. The van der Waals surface area contributed by atoms with Gasteiger partial charge >= 0.3 is 36.1 Å². The predicted octanol–water partition coefficient (Wildman–Crippen LogP) is 5.75. The molecule has 4 nitrogen and oxygen atoms in total. The number of hydrogen-bond donors (Lipinski definition) is 0. The van der Waals surface area contributed by atoms with Gasteiger partial charge in [0, 0.05) is 25.7 Å². The van der Waals surface area contributed by atoms with E-state index in [-0.39, 0.29) is 0 Å². The third-order valence-corrected chi connectivity index (χ3v) is 3.92. The number of halogens is 14. The van der Waals surface area contributed by atoms with Crippen LogP contribution in [-0.2, 0) is 19.4 Å². The van der Waals surface area contributed by atoms with Gasteiger partial charge in [-0.3, -0.25) is 0 Å². The number of hydrogen-bond acceptors (Lipinski definition) is 4. The molecule has 0 spiro atoms. The molecular weight excluding hydrogens is 507 g/mol. The molecule has 0 aromatic heterocycles. The van der Waals surface area contributed by atoms with Crippen molar-refractivity contribution >= 4 is 35.1 Å². The maximum Gasteiger partial charge on any atom is 0.429 e. The van der Waals surface area contributed by atoms with Gasteiger partial charge in [0.25, 0.3) is 10.3 Å². The van der Waals surface area contributed by atoms with Gasteiger partial charge in [0.15, 0.2) is 0 Å². The number of carbonyl (C=O) groups excluding carboxylic acids is 2. The zero-order valence-electron chi connectivity index (χ0n) is 13.8. The zero-order chi connectivity index (χ0) is 24.4. The van der Waals surface area contributed by atoms with Crippen LogP contribution < -0.4 is 0 Å². The standard InChI is InChI=1S/C12H8Cl2F12O4/c13-7(15,1-3-9(17,18)19)11(23,24)5(27)29-30-6(28)12(25,26)8(14,16)2-4-10(20,21)22/h1-4H2. The zero-order valence-corrected chi connectivity index (χ0v) is 15.3. The van der Waals surface area contributed by atoms with Crippen LogP contribution in [-0.4, -0.2) is 46.4 Å². The highest BCUT2D eigenvalue weighted by Crippen LogP contribution is 2.45. The first-order valence-corrected chi connectivity index (χ1v) is 7.80. The Labute approximate surface area is 168 Å². The Morgan fingerprint density at radius 2 is 0.767 bits per heavy atom. The first-order chi connectivity index (χ1) is 13.0. The molecule has 0 saturated heterocycles. The lowest BCUT2D eigenvalue weighted by Crippen LogP contribution is -2.50. The molecule has 0 aliphatic carbocycles. The van der Waals surface area contributed by atoms with E-state index in [9.17, 15) is 62.3 Å². The van der Waals surface area contributed by atoms with E-state index in [2.05, 4.69) is 33.0 Å². The molecule has 0 aliphatic rings. The summed E-state index contributed by atoms with van der Waals surface area (Å²) >= 11 is 8.99. The fourth-order valence-corrected chi connectivity index (χ4v) is 1.73. The Bertz CT molecular complexity index is 576. The van der Waals surface area contributed by atoms with Gasteiger partial charge in [-0.1, -0.05) is 23.2 Å². The second-order valence-corrected chi connectivity index (χ2v) is 6.73. The number of carbonyl (C=O) groups is 2. The maximum absolute atomic E-state index is 13.5. The molecule has 2 unspecified atom stereocenters. The van der Waals surface area contributed by atoms with Gasteiger partial charge in [-0.2, -0.15) is 43.9 Å². The lowest BCUT2D eigenvalue weighted by Gasteiger charge is -2.27. The second-order valence-electron chi connectivity index (χ2n) is 5.53. The van der Waals surface area contributed by atoms with Crippen molar-refractivity contribution in [3.8, 4) is 0 Å². The van der Waals surface area contributed by atoms with Crippen LogP contribution in [0.4, 0.5) is 52.7 Å². The molecule has 0 aromatic carbocycles. The van der Waals surface area contributed by atoms with E-state index in [1.807, 2.05) is 0 Å². The van der Waals surface area contributed by atoms with Crippen molar-refractivity contribution < 1.29 is 72.0 Å². The molecule has 18 heteroatoms. The molecule has 30 heavy (non-hydrogen) atoms. The summed E-state index contributed by atoms with van der Waals surface area (Å²) < 4.78 is 153. The molecule has 0 radical (unpaired) electrons. The van der Waals surface area contributed by atoms with Crippen molar-refractivity contribution in [3.05, 3.63) is 0 Å². The molecule has 0 N–H and O–H groups in total. The van der Waals surface area contributed by atoms with Gasteiger partial charge in [-0.05, 0) is 0 Å². The molecule has 0 fully saturated rings. The van der Waals surface area contributed by atoms with Gasteiger partial charge in [-0.25, -0.2) is 28.1 Å². The molecule has 0 saturated carbocycles. The number of rotatable bonds is 8. The van der Waals surface area contributed by atoms with E-state index in [1.165, 1.54) is 0 Å². The van der Waals surface area contributed by atoms with Gasteiger partial charge < -0.3 is 0 Å². The maximum atomic E-state index is 13.5. The van der Waals surface area contributed by atoms with Crippen LogP contribution in [0, 0.1) is 0 Å². The summed E-state index contributed by atoms with van der Waals surface area (Å²) in [6, 6.07) is 0. The SMILES string of the molecule is O=C(OOC(=O)C(F)(F)C(F)(Cl)CCC(F)(F)F)C(F)(F)C(F)(Cl)CCC(F)(F)F. The van der Waals surface area contributed by atoms with Gasteiger partial charge in [0.05, 0.1) is 0 Å². The summed E-state index contributed by atoms with van der Waals surface area (Å²) in [6.07, 6.45) is -19.4. The first-order valence-electron chi connectivity index (χ1n) is 7.04. The highest BCUT2D eigenvalue weighted by Gasteiger charge is 2.65. The van der Waals surface area contributed by atoms with E-state index in [0.29, 0.717) is 0 Å². The highest BCUT2D eigenvalue weighted by molar-refractivity contribution is 6.25. The average molecular weight is 515 g/mol. The van der Waals surface area contributed by atoms with E-state index >= 15 is 0 Å². The van der Waals surface area contributed by atoms with Crippen molar-refractivity contribution in [1.82, 2.24) is 0 Å². The number of alkyl halides is 14. The van der Waals surface area contributed by atoms with Crippen molar-refractivity contribution in [2.45, 2.75) is 60.1 Å². The van der Waals surface area contributed by atoms with Crippen molar-refractivity contribution in [2.24, 2.45) is 0 Å². The van der Waals surface area contributed by atoms with Crippen LogP contribution in [0.1, 0.15) is 25.7 Å². The van der Waals surface area contributed by atoms with Gasteiger partial charge in [-0.15, -0.1) is 0 Å². The summed E-state index contributed by atoms with van der Waals surface area (Å²) in [5.41, 5.74) is 0. The highest BCUT2D eigenvalue weighted by atomic mass is 35.5. The van der Waals surface area contributed by atoms with E-state index in [4.69, 9.17) is 0 Å². The third-order valence-electron chi connectivity index (χ3n) is 3.07.